The van der Waals surface area contributed by atoms with Crippen molar-refractivity contribution in [1.82, 2.24) is 14.6 Å². The molecule has 2 heterocycles. The van der Waals surface area contributed by atoms with Crippen molar-refractivity contribution >= 4 is 5.65 Å². The Kier molecular flexibility index (Phi) is 2.69. The molecule has 19 heavy (non-hydrogen) atoms. The Morgan fingerprint density at radius 3 is 2.58 bits per heavy atom. The van der Waals surface area contributed by atoms with E-state index in [0.717, 1.165) is 11.1 Å². The average molecular weight is 244 g/mol. The van der Waals surface area contributed by atoms with Crippen LogP contribution in [0.1, 0.15) is 16.7 Å². The second kappa shape index (κ2) is 4.64. The number of nitrogens with zero attached hydrogens (tertiary/aromatic N) is 4. The van der Waals surface area contributed by atoms with Gasteiger partial charge in [0.15, 0.2) is 5.65 Å². The van der Waals surface area contributed by atoms with Crippen LogP contribution in [0.3, 0.4) is 0 Å². The average Bonchev–Trinajstić information content (AvgIpc) is 2.88. The van der Waals surface area contributed by atoms with E-state index in [4.69, 9.17) is 5.26 Å². The standard InChI is InChI=1S/C15H8N4/c16-8-14-10-18-19-11-13(9-17-15(14)19)7-6-12-4-2-1-3-5-12/h1-5,9-11H. The Balaban J connectivity index is 2.00. The molecule has 0 aliphatic rings. The smallest absolute Gasteiger partial charge is 0.172 e. The van der Waals surface area contributed by atoms with Crippen molar-refractivity contribution in [3.63, 3.8) is 0 Å². The third-order valence-corrected chi connectivity index (χ3v) is 2.60. The van der Waals surface area contributed by atoms with E-state index in [0.29, 0.717) is 11.2 Å². The molecule has 0 fully saturated rings. The van der Waals surface area contributed by atoms with E-state index in [1.165, 1.54) is 6.20 Å². The van der Waals surface area contributed by atoms with E-state index < -0.39 is 0 Å². The zero-order valence-corrected chi connectivity index (χ0v) is 9.91. The summed E-state index contributed by atoms with van der Waals surface area (Å²) in [5, 5.41) is 12.9. The van der Waals surface area contributed by atoms with Crippen molar-refractivity contribution in [2.45, 2.75) is 0 Å². The summed E-state index contributed by atoms with van der Waals surface area (Å²) in [5.74, 6) is 6.07. The first kappa shape index (κ1) is 11.0. The number of nitriles is 1. The lowest BCUT2D eigenvalue weighted by molar-refractivity contribution is 0.935. The summed E-state index contributed by atoms with van der Waals surface area (Å²) < 4.78 is 1.56. The summed E-state index contributed by atoms with van der Waals surface area (Å²) in [6.45, 7) is 0. The lowest BCUT2D eigenvalue weighted by Gasteiger charge is -1.93. The van der Waals surface area contributed by atoms with Gasteiger partial charge in [0.1, 0.15) is 11.6 Å². The maximum absolute atomic E-state index is 8.87. The van der Waals surface area contributed by atoms with Crippen molar-refractivity contribution in [3.05, 3.63) is 65.6 Å². The van der Waals surface area contributed by atoms with Gasteiger partial charge in [-0.15, -0.1) is 0 Å². The Bertz CT molecular complexity index is 829. The monoisotopic (exact) mass is 244 g/mol. The Morgan fingerprint density at radius 2 is 1.79 bits per heavy atom. The predicted octanol–water partition coefficient (Wildman–Crippen LogP) is 2.00. The summed E-state index contributed by atoms with van der Waals surface area (Å²) in [6.07, 6.45) is 4.91. The highest BCUT2D eigenvalue weighted by atomic mass is 15.2. The third kappa shape index (κ3) is 2.15. The molecule has 4 nitrogen and oxygen atoms in total. The highest BCUT2D eigenvalue weighted by molar-refractivity contribution is 5.54. The van der Waals surface area contributed by atoms with Crippen molar-refractivity contribution < 1.29 is 0 Å². The Hall–Kier alpha value is -3.11. The molecule has 0 saturated carbocycles. The summed E-state index contributed by atoms with van der Waals surface area (Å²) in [5.41, 5.74) is 2.71. The molecule has 4 heteroatoms. The number of rotatable bonds is 0. The summed E-state index contributed by atoms with van der Waals surface area (Å²) in [7, 11) is 0. The molecule has 0 spiro atoms. The third-order valence-electron chi connectivity index (χ3n) is 2.60. The maximum atomic E-state index is 8.87. The first-order valence-corrected chi connectivity index (χ1v) is 5.67. The van der Waals surface area contributed by atoms with Crippen LogP contribution in [-0.2, 0) is 0 Å². The van der Waals surface area contributed by atoms with Gasteiger partial charge in [0, 0.05) is 18.0 Å². The number of hydrogen-bond acceptors (Lipinski definition) is 3. The van der Waals surface area contributed by atoms with Gasteiger partial charge in [-0.25, -0.2) is 9.50 Å². The molecule has 0 atom stereocenters. The van der Waals surface area contributed by atoms with E-state index >= 15 is 0 Å². The van der Waals surface area contributed by atoms with Crippen molar-refractivity contribution in [2.75, 3.05) is 0 Å². The second-order valence-electron chi connectivity index (χ2n) is 3.90. The molecule has 0 unspecified atom stereocenters. The van der Waals surface area contributed by atoms with Crippen LogP contribution in [0, 0.1) is 23.2 Å². The fourth-order valence-electron chi connectivity index (χ4n) is 1.68. The molecule has 3 aromatic rings. The molecule has 0 N–H and O–H groups in total. The minimum absolute atomic E-state index is 0.461. The maximum Gasteiger partial charge on any atom is 0.172 e. The SMILES string of the molecule is N#Cc1cnn2cc(C#Cc3ccccc3)cnc12. The van der Waals surface area contributed by atoms with Crippen LogP contribution in [0.25, 0.3) is 5.65 Å². The lowest BCUT2D eigenvalue weighted by Crippen LogP contribution is -1.92. The lowest BCUT2D eigenvalue weighted by atomic mass is 10.2. The zero-order valence-electron chi connectivity index (χ0n) is 9.91. The summed E-state index contributed by atoms with van der Waals surface area (Å²) in [4.78, 5) is 4.20. The van der Waals surface area contributed by atoms with Crippen LogP contribution < -0.4 is 0 Å². The van der Waals surface area contributed by atoms with Crippen molar-refractivity contribution in [3.8, 4) is 17.9 Å². The molecule has 3 rings (SSSR count). The van der Waals surface area contributed by atoms with Gasteiger partial charge in [-0.05, 0) is 12.1 Å². The van der Waals surface area contributed by atoms with Gasteiger partial charge in [-0.2, -0.15) is 10.4 Å². The first-order chi connectivity index (χ1) is 9.36. The quantitative estimate of drug-likeness (QED) is 0.568. The van der Waals surface area contributed by atoms with Crippen molar-refractivity contribution in [2.24, 2.45) is 0 Å². The van der Waals surface area contributed by atoms with Crippen LogP contribution in [0.5, 0.6) is 0 Å². The largest absolute Gasteiger partial charge is 0.235 e. The molecule has 0 saturated heterocycles. The van der Waals surface area contributed by atoms with Crippen LogP contribution in [0.2, 0.25) is 0 Å². The fraction of sp³-hybridized carbons (Fsp3) is 0. The fourth-order valence-corrected chi connectivity index (χ4v) is 1.68. The molecule has 88 valence electrons. The molecule has 2 aromatic heterocycles. The van der Waals surface area contributed by atoms with E-state index in [2.05, 4.69) is 21.9 Å². The van der Waals surface area contributed by atoms with Gasteiger partial charge in [0.05, 0.1) is 11.8 Å². The highest BCUT2D eigenvalue weighted by Gasteiger charge is 2.03. The van der Waals surface area contributed by atoms with Gasteiger partial charge >= 0.3 is 0 Å². The molecule has 0 radical (unpaired) electrons. The Labute approximate surface area is 110 Å². The van der Waals surface area contributed by atoms with Gasteiger partial charge in [0.2, 0.25) is 0 Å². The zero-order chi connectivity index (χ0) is 13.1. The molecule has 0 bridgehead atoms. The van der Waals surface area contributed by atoms with E-state index in [1.54, 1.807) is 16.9 Å². The molecular weight excluding hydrogens is 236 g/mol. The number of fused-ring (bicyclic) bond motifs is 1. The summed E-state index contributed by atoms with van der Waals surface area (Å²) >= 11 is 0. The highest BCUT2D eigenvalue weighted by Crippen LogP contribution is 2.07. The molecule has 0 aliphatic carbocycles. The molecule has 0 aliphatic heterocycles. The summed E-state index contributed by atoms with van der Waals surface area (Å²) in [6, 6.07) is 11.8. The molecular formula is C15H8N4. The number of aromatic nitrogens is 3. The molecule has 0 amide bonds. The van der Waals surface area contributed by atoms with Gasteiger partial charge in [-0.3, -0.25) is 0 Å². The Morgan fingerprint density at radius 1 is 1.00 bits per heavy atom. The topological polar surface area (TPSA) is 54.0 Å². The van der Waals surface area contributed by atoms with E-state index in [-0.39, 0.29) is 0 Å². The normalized spacial score (nSPS) is 9.63. The number of benzene rings is 1. The van der Waals surface area contributed by atoms with Gasteiger partial charge in [-0.1, -0.05) is 30.0 Å². The van der Waals surface area contributed by atoms with Gasteiger partial charge in [0.25, 0.3) is 0 Å². The second-order valence-corrected chi connectivity index (χ2v) is 3.90. The van der Waals surface area contributed by atoms with E-state index in [1.807, 2.05) is 36.4 Å². The minimum Gasteiger partial charge on any atom is -0.235 e. The molecule has 1 aromatic carbocycles. The first-order valence-electron chi connectivity index (χ1n) is 5.67. The van der Waals surface area contributed by atoms with Crippen LogP contribution in [0.15, 0.2) is 48.9 Å². The van der Waals surface area contributed by atoms with E-state index in [9.17, 15) is 0 Å². The van der Waals surface area contributed by atoms with Gasteiger partial charge < -0.3 is 0 Å². The van der Waals surface area contributed by atoms with Crippen LogP contribution in [0.4, 0.5) is 0 Å². The predicted molar refractivity (Wildman–Crippen MR) is 70.1 cm³/mol. The van der Waals surface area contributed by atoms with Crippen LogP contribution in [-0.4, -0.2) is 14.6 Å². The van der Waals surface area contributed by atoms with Crippen molar-refractivity contribution in [1.29, 1.82) is 5.26 Å². The number of hydrogen-bond donors (Lipinski definition) is 0. The minimum atomic E-state index is 0.461. The van der Waals surface area contributed by atoms with Crippen LogP contribution >= 0.6 is 0 Å².